The van der Waals surface area contributed by atoms with Gasteiger partial charge >= 0.3 is 0 Å². The largest absolute Gasteiger partial charge is 0.395 e. The number of aliphatic hydroxyl groups is 1. The number of nitrogens with zero attached hydrogens (tertiary/aromatic N) is 2. The number of β-amino-alcohol motifs (C(OH)–C–C–N with tert-alkyl or cyclic N) is 1. The van der Waals surface area contributed by atoms with Gasteiger partial charge in [-0.05, 0) is 13.0 Å². The Bertz CT molecular complexity index is 333. The fraction of sp³-hybridized carbons (Fsp3) is 1.00. The van der Waals surface area contributed by atoms with E-state index in [9.17, 15) is 8.42 Å². The molecule has 2 aliphatic rings. The molecule has 100 valence electrons. The van der Waals surface area contributed by atoms with Crippen molar-refractivity contribution in [2.75, 3.05) is 52.4 Å². The van der Waals surface area contributed by atoms with Crippen molar-refractivity contribution in [2.24, 2.45) is 0 Å². The molecule has 0 aromatic rings. The average Bonchev–Trinajstić information content (AvgIpc) is 2.84. The topological polar surface area (TPSA) is 72.9 Å². The van der Waals surface area contributed by atoms with Crippen LogP contribution in [0.3, 0.4) is 0 Å². The first-order valence-corrected chi connectivity index (χ1v) is 7.68. The maximum absolute atomic E-state index is 12.3. The Morgan fingerprint density at radius 1 is 1.24 bits per heavy atom. The van der Waals surface area contributed by atoms with Crippen LogP contribution >= 0.6 is 0 Å². The van der Waals surface area contributed by atoms with Gasteiger partial charge < -0.3 is 10.4 Å². The second-order valence-corrected chi connectivity index (χ2v) is 6.84. The molecule has 0 aromatic carbocycles. The Kier molecular flexibility index (Phi) is 4.37. The minimum atomic E-state index is -3.12. The van der Waals surface area contributed by atoms with Crippen molar-refractivity contribution in [3.8, 4) is 0 Å². The standard InChI is InChI=1S/C10H21N3O3S/c14-8-7-12-3-5-13(6-4-12)17(15,16)10-1-2-11-9-10/h10-11,14H,1-9H2. The predicted molar refractivity (Wildman–Crippen MR) is 65.3 cm³/mol. The van der Waals surface area contributed by atoms with Crippen LogP contribution in [0.25, 0.3) is 0 Å². The van der Waals surface area contributed by atoms with Gasteiger partial charge in [-0.2, -0.15) is 4.31 Å². The second-order valence-electron chi connectivity index (χ2n) is 4.62. The lowest BCUT2D eigenvalue weighted by molar-refractivity contribution is 0.151. The highest BCUT2D eigenvalue weighted by atomic mass is 32.2. The van der Waals surface area contributed by atoms with Gasteiger partial charge in [0.15, 0.2) is 0 Å². The lowest BCUT2D eigenvalue weighted by Crippen LogP contribution is -2.51. The Morgan fingerprint density at radius 2 is 1.94 bits per heavy atom. The summed E-state index contributed by atoms with van der Waals surface area (Å²) in [4.78, 5) is 2.10. The Hall–Kier alpha value is -0.210. The number of piperazine rings is 1. The predicted octanol–water partition coefficient (Wildman–Crippen LogP) is -1.71. The minimum Gasteiger partial charge on any atom is -0.395 e. The van der Waals surface area contributed by atoms with Gasteiger partial charge in [-0.3, -0.25) is 4.90 Å². The molecule has 1 atom stereocenters. The summed E-state index contributed by atoms with van der Waals surface area (Å²) in [5.41, 5.74) is 0. The van der Waals surface area contributed by atoms with Crippen LogP contribution in [0.2, 0.25) is 0 Å². The van der Waals surface area contributed by atoms with Crippen LogP contribution in [0.5, 0.6) is 0 Å². The van der Waals surface area contributed by atoms with Crippen molar-refractivity contribution in [3.63, 3.8) is 0 Å². The third-order valence-corrected chi connectivity index (χ3v) is 5.87. The molecule has 7 heteroatoms. The molecule has 2 heterocycles. The maximum atomic E-state index is 12.3. The average molecular weight is 263 g/mol. The quantitative estimate of drug-likeness (QED) is 0.632. The van der Waals surface area contributed by atoms with E-state index in [-0.39, 0.29) is 11.9 Å². The van der Waals surface area contributed by atoms with Gasteiger partial charge in [-0.25, -0.2) is 8.42 Å². The zero-order valence-corrected chi connectivity index (χ0v) is 10.8. The minimum absolute atomic E-state index is 0.138. The molecule has 0 amide bonds. The summed E-state index contributed by atoms with van der Waals surface area (Å²) in [5, 5.41) is 11.7. The highest BCUT2D eigenvalue weighted by molar-refractivity contribution is 7.89. The van der Waals surface area contributed by atoms with Crippen molar-refractivity contribution in [3.05, 3.63) is 0 Å². The molecule has 2 saturated heterocycles. The molecule has 0 spiro atoms. The fourth-order valence-electron chi connectivity index (χ4n) is 2.44. The lowest BCUT2D eigenvalue weighted by atomic mass is 10.3. The molecule has 2 N–H and O–H groups in total. The van der Waals surface area contributed by atoms with Gasteiger partial charge in [-0.15, -0.1) is 0 Å². The number of hydrogen-bond donors (Lipinski definition) is 2. The third kappa shape index (κ3) is 2.97. The first kappa shape index (κ1) is 13.2. The summed E-state index contributed by atoms with van der Waals surface area (Å²) in [7, 11) is -3.12. The van der Waals surface area contributed by atoms with E-state index >= 15 is 0 Å². The summed E-state index contributed by atoms with van der Waals surface area (Å²) >= 11 is 0. The van der Waals surface area contributed by atoms with Crippen LogP contribution in [-0.4, -0.2) is 80.4 Å². The molecule has 2 rings (SSSR count). The monoisotopic (exact) mass is 263 g/mol. The molecule has 0 aliphatic carbocycles. The Labute approximate surface area is 103 Å². The van der Waals surface area contributed by atoms with Crippen LogP contribution in [0, 0.1) is 0 Å². The number of sulfonamides is 1. The SMILES string of the molecule is O=S(=O)(C1CCNC1)N1CCN(CCO)CC1. The van der Waals surface area contributed by atoms with Crippen molar-refractivity contribution in [2.45, 2.75) is 11.7 Å². The van der Waals surface area contributed by atoms with Crippen molar-refractivity contribution in [1.82, 2.24) is 14.5 Å². The molecule has 2 fully saturated rings. The summed E-state index contributed by atoms with van der Waals surface area (Å²) < 4.78 is 26.2. The van der Waals surface area contributed by atoms with E-state index in [2.05, 4.69) is 10.2 Å². The zero-order valence-electron chi connectivity index (χ0n) is 10.0. The number of hydrogen-bond acceptors (Lipinski definition) is 5. The van der Waals surface area contributed by atoms with Crippen LogP contribution in [0.1, 0.15) is 6.42 Å². The number of rotatable bonds is 4. The lowest BCUT2D eigenvalue weighted by Gasteiger charge is -2.34. The second kappa shape index (κ2) is 5.62. The van der Waals surface area contributed by atoms with E-state index in [0.717, 1.165) is 26.1 Å². The van der Waals surface area contributed by atoms with E-state index < -0.39 is 10.0 Å². The highest BCUT2D eigenvalue weighted by Crippen LogP contribution is 2.17. The van der Waals surface area contributed by atoms with Crippen LogP contribution in [-0.2, 0) is 10.0 Å². The summed E-state index contributed by atoms with van der Waals surface area (Å²) in [6.45, 7) is 4.71. The smallest absolute Gasteiger partial charge is 0.218 e. The Balaban J connectivity index is 1.91. The van der Waals surface area contributed by atoms with E-state index in [0.29, 0.717) is 26.2 Å². The molecule has 1 unspecified atom stereocenters. The van der Waals surface area contributed by atoms with Gasteiger partial charge in [-0.1, -0.05) is 0 Å². The molecular formula is C10H21N3O3S. The van der Waals surface area contributed by atoms with Crippen molar-refractivity contribution in [1.29, 1.82) is 0 Å². The molecule has 0 aromatic heterocycles. The number of aliphatic hydroxyl groups excluding tert-OH is 1. The van der Waals surface area contributed by atoms with Gasteiger partial charge in [0.1, 0.15) is 0 Å². The van der Waals surface area contributed by atoms with E-state index in [1.165, 1.54) is 0 Å². The number of nitrogens with one attached hydrogen (secondary N) is 1. The third-order valence-electron chi connectivity index (χ3n) is 3.54. The summed E-state index contributed by atoms with van der Waals surface area (Å²) in [5.74, 6) is 0. The molecule has 17 heavy (non-hydrogen) atoms. The van der Waals surface area contributed by atoms with E-state index in [4.69, 9.17) is 5.11 Å². The van der Waals surface area contributed by atoms with Gasteiger partial charge in [0.05, 0.1) is 11.9 Å². The van der Waals surface area contributed by atoms with Gasteiger partial charge in [0.2, 0.25) is 10.0 Å². The van der Waals surface area contributed by atoms with Crippen molar-refractivity contribution < 1.29 is 13.5 Å². The molecule has 0 radical (unpaired) electrons. The maximum Gasteiger partial charge on any atom is 0.218 e. The summed E-state index contributed by atoms with van der Waals surface area (Å²) in [6.07, 6.45) is 0.721. The van der Waals surface area contributed by atoms with Crippen LogP contribution < -0.4 is 5.32 Å². The molecular weight excluding hydrogens is 242 g/mol. The first-order valence-electron chi connectivity index (χ1n) is 6.17. The zero-order chi connectivity index (χ0) is 12.3. The molecule has 2 aliphatic heterocycles. The van der Waals surface area contributed by atoms with E-state index in [1.54, 1.807) is 4.31 Å². The highest BCUT2D eigenvalue weighted by Gasteiger charge is 2.35. The molecule has 0 bridgehead atoms. The van der Waals surface area contributed by atoms with Gasteiger partial charge in [0.25, 0.3) is 0 Å². The van der Waals surface area contributed by atoms with Gasteiger partial charge in [0, 0.05) is 39.3 Å². The first-order chi connectivity index (χ1) is 8.14. The molecule has 6 nitrogen and oxygen atoms in total. The summed E-state index contributed by atoms with van der Waals surface area (Å²) in [6, 6.07) is 0. The van der Waals surface area contributed by atoms with Crippen LogP contribution in [0.15, 0.2) is 0 Å². The van der Waals surface area contributed by atoms with Crippen molar-refractivity contribution >= 4 is 10.0 Å². The van der Waals surface area contributed by atoms with E-state index in [1.807, 2.05) is 0 Å². The Morgan fingerprint density at radius 3 is 2.47 bits per heavy atom. The molecule has 0 saturated carbocycles. The van der Waals surface area contributed by atoms with Crippen LogP contribution in [0.4, 0.5) is 0 Å². The normalized spacial score (nSPS) is 28.6. The fourth-order valence-corrected chi connectivity index (χ4v) is 4.28.